The van der Waals surface area contributed by atoms with E-state index in [-0.39, 0.29) is 18.4 Å². The molecule has 1 aliphatic rings. The molecule has 126 valence electrons. The Morgan fingerprint density at radius 3 is 2.92 bits per heavy atom. The molecule has 0 unspecified atom stereocenters. The van der Waals surface area contributed by atoms with Gasteiger partial charge in [-0.1, -0.05) is 25.5 Å². The van der Waals surface area contributed by atoms with Crippen LogP contribution in [0.1, 0.15) is 30.1 Å². The summed E-state index contributed by atoms with van der Waals surface area (Å²) in [6.07, 6.45) is 4.43. The third kappa shape index (κ3) is 2.90. The molecule has 2 aromatic rings. The Hall–Kier alpha value is -2.67. The fourth-order valence-corrected chi connectivity index (χ4v) is 2.91. The number of nitrogens with zero attached hydrogens (tertiary/aromatic N) is 3. The van der Waals surface area contributed by atoms with Crippen molar-refractivity contribution in [2.24, 2.45) is 0 Å². The molecule has 0 aliphatic carbocycles. The fraction of sp³-hybridized carbons (Fsp3) is 0.353. The molecule has 24 heavy (non-hydrogen) atoms. The van der Waals surface area contributed by atoms with E-state index in [9.17, 15) is 9.59 Å². The second-order valence-electron chi connectivity index (χ2n) is 5.70. The summed E-state index contributed by atoms with van der Waals surface area (Å²) in [6, 6.07) is 6.73. The lowest BCUT2D eigenvalue weighted by Gasteiger charge is -2.36. The quantitative estimate of drug-likeness (QED) is 0.873. The molecule has 0 saturated heterocycles. The average molecular weight is 328 g/mol. The number of aliphatic hydroxyl groups excluding tert-OH is 1. The van der Waals surface area contributed by atoms with E-state index in [1.54, 1.807) is 17.2 Å². The Kier molecular flexibility index (Phi) is 4.61. The molecule has 2 N–H and O–H groups in total. The zero-order chi connectivity index (χ0) is 17.1. The largest absolute Gasteiger partial charge is 0.394 e. The highest BCUT2D eigenvalue weighted by Gasteiger charge is 2.36. The molecular weight excluding hydrogens is 308 g/mol. The Morgan fingerprint density at radius 2 is 2.17 bits per heavy atom. The van der Waals surface area contributed by atoms with Gasteiger partial charge in [-0.05, 0) is 18.6 Å². The Balaban J connectivity index is 2.00. The number of rotatable bonds is 5. The molecule has 1 aromatic heterocycles. The van der Waals surface area contributed by atoms with E-state index in [1.807, 2.05) is 25.1 Å². The first-order valence-corrected chi connectivity index (χ1v) is 8.02. The molecule has 7 nitrogen and oxygen atoms in total. The van der Waals surface area contributed by atoms with E-state index in [0.717, 1.165) is 6.42 Å². The van der Waals surface area contributed by atoms with Crippen LogP contribution < -0.4 is 10.2 Å². The maximum atomic E-state index is 13.0. The van der Waals surface area contributed by atoms with Gasteiger partial charge in [0, 0.05) is 6.20 Å². The highest BCUT2D eigenvalue weighted by Crippen LogP contribution is 2.34. The average Bonchev–Trinajstić information content (AvgIpc) is 3.04. The van der Waals surface area contributed by atoms with Gasteiger partial charge in [-0.15, -0.1) is 0 Å². The van der Waals surface area contributed by atoms with Crippen LogP contribution in [-0.2, 0) is 11.3 Å². The second-order valence-corrected chi connectivity index (χ2v) is 5.70. The summed E-state index contributed by atoms with van der Waals surface area (Å²) in [6.45, 7) is 2.25. The number of aromatic nitrogens is 2. The third-order valence-electron chi connectivity index (χ3n) is 4.03. The van der Waals surface area contributed by atoms with Crippen molar-refractivity contribution >= 4 is 23.2 Å². The number of benzene rings is 1. The number of nitrogens with one attached hydrogen (secondary N) is 1. The highest BCUT2D eigenvalue weighted by atomic mass is 16.3. The summed E-state index contributed by atoms with van der Waals surface area (Å²) in [5, 5.41) is 15.9. The smallest absolute Gasteiger partial charge is 0.262 e. The minimum atomic E-state index is -0.543. The Bertz CT molecular complexity index is 756. The minimum Gasteiger partial charge on any atom is -0.394 e. The van der Waals surface area contributed by atoms with Gasteiger partial charge in [-0.2, -0.15) is 5.10 Å². The summed E-state index contributed by atoms with van der Waals surface area (Å²) in [5.74, 6) is -0.438. The van der Waals surface area contributed by atoms with Crippen molar-refractivity contribution in [3.8, 4) is 0 Å². The monoisotopic (exact) mass is 328 g/mol. The summed E-state index contributed by atoms with van der Waals surface area (Å²) < 4.78 is 1.51. The third-order valence-corrected chi connectivity index (χ3v) is 4.03. The van der Waals surface area contributed by atoms with Crippen LogP contribution >= 0.6 is 0 Å². The van der Waals surface area contributed by atoms with Crippen molar-refractivity contribution in [3.05, 3.63) is 42.2 Å². The van der Waals surface area contributed by atoms with Gasteiger partial charge < -0.3 is 10.4 Å². The summed E-state index contributed by atoms with van der Waals surface area (Å²) in [5.41, 5.74) is 1.72. The highest BCUT2D eigenvalue weighted by molar-refractivity contribution is 6.16. The van der Waals surface area contributed by atoms with Crippen molar-refractivity contribution in [2.45, 2.75) is 32.4 Å². The second kappa shape index (κ2) is 6.84. The number of fused-ring (bicyclic) bond motifs is 1. The number of carbonyl (C=O) groups excluding carboxylic acids is 2. The van der Waals surface area contributed by atoms with Crippen LogP contribution in [0.2, 0.25) is 0 Å². The van der Waals surface area contributed by atoms with Crippen molar-refractivity contribution < 1.29 is 14.7 Å². The normalized spacial score (nSPS) is 16.7. The molecule has 1 aromatic carbocycles. The first kappa shape index (κ1) is 16.2. The minimum absolute atomic E-state index is 0.0529. The summed E-state index contributed by atoms with van der Waals surface area (Å²) in [4.78, 5) is 27.0. The number of para-hydroxylation sites is 2. The standard InChI is InChI=1S/C17H20N4O3/c1-2-5-15-16(23)19-13-6-3-4-7-14(13)21(15)17(24)12-10-18-20(11-12)8-9-22/h3-4,6-7,10-11,15,22H,2,5,8-9H2,1H3,(H,19,23)/t15-/m0/s1. The van der Waals surface area contributed by atoms with Crippen molar-refractivity contribution in [2.75, 3.05) is 16.8 Å². The lowest BCUT2D eigenvalue weighted by Crippen LogP contribution is -2.51. The molecule has 0 bridgehead atoms. The van der Waals surface area contributed by atoms with E-state index < -0.39 is 6.04 Å². The number of hydrogen-bond donors (Lipinski definition) is 2. The van der Waals surface area contributed by atoms with Crippen molar-refractivity contribution in [1.29, 1.82) is 0 Å². The number of anilines is 2. The van der Waals surface area contributed by atoms with Crippen LogP contribution in [0, 0.1) is 0 Å². The van der Waals surface area contributed by atoms with Gasteiger partial charge in [0.1, 0.15) is 6.04 Å². The van der Waals surface area contributed by atoms with E-state index in [4.69, 9.17) is 5.11 Å². The lowest BCUT2D eigenvalue weighted by atomic mass is 10.0. The summed E-state index contributed by atoms with van der Waals surface area (Å²) in [7, 11) is 0. The van der Waals surface area contributed by atoms with Gasteiger partial charge >= 0.3 is 0 Å². The molecule has 1 aliphatic heterocycles. The molecule has 1 atom stereocenters. The zero-order valence-corrected chi connectivity index (χ0v) is 13.5. The van der Waals surface area contributed by atoms with Crippen LogP contribution in [0.5, 0.6) is 0 Å². The number of carbonyl (C=O) groups is 2. The van der Waals surface area contributed by atoms with Gasteiger partial charge in [0.15, 0.2) is 0 Å². The van der Waals surface area contributed by atoms with Gasteiger partial charge in [-0.25, -0.2) is 0 Å². The van der Waals surface area contributed by atoms with Gasteiger partial charge in [0.05, 0.1) is 36.3 Å². The van der Waals surface area contributed by atoms with E-state index >= 15 is 0 Å². The molecular formula is C17H20N4O3. The van der Waals surface area contributed by atoms with Gasteiger partial charge in [0.25, 0.3) is 5.91 Å². The molecule has 2 heterocycles. The van der Waals surface area contributed by atoms with Gasteiger partial charge in [-0.3, -0.25) is 19.2 Å². The van der Waals surface area contributed by atoms with Crippen molar-refractivity contribution in [3.63, 3.8) is 0 Å². The number of amides is 2. The van der Waals surface area contributed by atoms with Crippen LogP contribution in [0.25, 0.3) is 0 Å². The maximum Gasteiger partial charge on any atom is 0.262 e. The van der Waals surface area contributed by atoms with Crippen LogP contribution in [0.4, 0.5) is 11.4 Å². The molecule has 0 saturated carbocycles. The van der Waals surface area contributed by atoms with E-state index in [2.05, 4.69) is 10.4 Å². The van der Waals surface area contributed by atoms with Crippen molar-refractivity contribution in [1.82, 2.24) is 9.78 Å². The molecule has 0 radical (unpaired) electrons. The fourth-order valence-electron chi connectivity index (χ4n) is 2.91. The first-order valence-electron chi connectivity index (χ1n) is 8.02. The van der Waals surface area contributed by atoms with Crippen LogP contribution in [0.3, 0.4) is 0 Å². The molecule has 3 rings (SSSR count). The predicted molar refractivity (Wildman–Crippen MR) is 89.9 cm³/mol. The maximum absolute atomic E-state index is 13.0. The molecule has 0 fully saturated rings. The van der Waals surface area contributed by atoms with E-state index in [1.165, 1.54) is 10.9 Å². The molecule has 2 amide bonds. The predicted octanol–water partition coefficient (Wildman–Crippen LogP) is 1.64. The molecule has 7 heteroatoms. The number of aliphatic hydroxyl groups is 1. The van der Waals surface area contributed by atoms with E-state index in [0.29, 0.717) is 29.9 Å². The van der Waals surface area contributed by atoms with Crippen LogP contribution in [-0.4, -0.2) is 39.4 Å². The topological polar surface area (TPSA) is 87.5 Å². The SMILES string of the molecule is CCC[C@H]1C(=O)Nc2ccccc2N1C(=O)c1cnn(CCO)c1. The molecule has 0 spiro atoms. The first-order chi connectivity index (χ1) is 11.7. The lowest BCUT2D eigenvalue weighted by molar-refractivity contribution is -0.117. The number of hydrogen-bond acceptors (Lipinski definition) is 4. The van der Waals surface area contributed by atoms with Gasteiger partial charge in [0.2, 0.25) is 5.91 Å². The Labute approximate surface area is 139 Å². The Morgan fingerprint density at radius 1 is 1.38 bits per heavy atom. The summed E-state index contributed by atoms with van der Waals surface area (Å²) >= 11 is 0. The zero-order valence-electron chi connectivity index (χ0n) is 13.5. The van der Waals surface area contributed by atoms with Crippen LogP contribution in [0.15, 0.2) is 36.7 Å².